The largest absolute Gasteiger partial charge is 0.444 e. The number of nitrogens with one attached hydrogen (secondary N) is 1. The van der Waals surface area contributed by atoms with E-state index < -0.39 is 5.85 Å². The number of para-hydroxylation sites is 1. The molecule has 1 aromatic heterocycles. The first-order valence-corrected chi connectivity index (χ1v) is 10.9. The molecule has 2 unspecified atom stereocenters. The Morgan fingerprint density at radius 1 is 1.10 bits per heavy atom. The summed E-state index contributed by atoms with van der Waals surface area (Å²) < 4.78 is 6.51. The minimum Gasteiger partial charge on any atom is -0.444 e. The lowest BCUT2D eigenvalue weighted by Gasteiger charge is -2.45. The van der Waals surface area contributed by atoms with E-state index >= 15 is 0 Å². The maximum absolute atomic E-state index is 12.6. The number of aromatic nitrogens is 1. The number of nitrogens with zero attached hydrogens (tertiary/aromatic N) is 3. The molecule has 7 heteroatoms. The summed E-state index contributed by atoms with van der Waals surface area (Å²) in [6.07, 6.45) is 6.16. The van der Waals surface area contributed by atoms with Gasteiger partial charge in [0.2, 0.25) is 0 Å². The third-order valence-electron chi connectivity index (χ3n) is 5.67. The standard InChI is InChI=1S/C24H18N4O2S/c29-23-26-24(22(31-23)13-16-7-6-12-25-15-16)28-20(18-10-4-5-11-21(18)30-24)14-19(27-28)17-8-2-1-3-9-17/h1-13,15,20H,14H2,(H,26,29)/b22-13-. The molecule has 3 aromatic rings. The first-order chi connectivity index (χ1) is 15.2. The third kappa shape index (κ3) is 2.92. The van der Waals surface area contributed by atoms with E-state index in [9.17, 15) is 4.79 Å². The second-order valence-corrected chi connectivity index (χ2v) is 8.59. The van der Waals surface area contributed by atoms with Crippen LogP contribution < -0.4 is 10.1 Å². The Balaban J connectivity index is 1.52. The van der Waals surface area contributed by atoms with Crippen LogP contribution in [0.1, 0.15) is 29.2 Å². The van der Waals surface area contributed by atoms with Gasteiger partial charge < -0.3 is 4.74 Å². The molecule has 1 N–H and O–H groups in total. The minimum atomic E-state index is -1.19. The number of hydrazone groups is 1. The summed E-state index contributed by atoms with van der Waals surface area (Å²) in [6.45, 7) is 0. The summed E-state index contributed by atoms with van der Waals surface area (Å²) in [4.78, 5) is 17.5. The number of hydrogen-bond acceptors (Lipinski definition) is 6. The van der Waals surface area contributed by atoms with Crippen LogP contribution in [0.4, 0.5) is 4.79 Å². The van der Waals surface area contributed by atoms with Crippen molar-refractivity contribution in [1.29, 1.82) is 0 Å². The van der Waals surface area contributed by atoms with Crippen LogP contribution in [-0.2, 0) is 0 Å². The first-order valence-electron chi connectivity index (χ1n) is 10.1. The number of benzene rings is 2. The summed E-state index contributed by atoms with van der Waals surface area (Å²) in [5.41, 5.74) is 4.00. The van der Waals surface area contributed by atoms with Gasteiger partial charge in [0.05, 0.1) is 16.7 Å². The van der Waals surface area contributed by atoms with Crippen LogP contribution in [0.25, 0.3) is 6.08 Å². The molecule has 1 spiro atoms. The number of fused-ring (bicyclic) bond motifs is 4. The number of amides is 1. The predicted molar refractivity (Wildman–Crippen MR) is 120 cm³/mol. The van der Waals surface area contributed by atoms with Crippen LogP contribution in [0, 0.1) is 0 Å². The monoisotopic (exact) mass is 426 g/mol. The molecule has 6 nitrogen and oxygen atoms in total. The van der Waals surface area contributed by atoms with Crippen LogP contribution in [0.2, 0.25) is 0 Å². The highest BCUT2D eigenvalue weighted by molar-refractivity contribution is 8.17. The van der Waals surface area contributed by atoms with Crippen LogP contribution in [0.3, 0.4) is 0 Å². The number of carbonyl (C=O) groups excluding carboxylic acids is 1. The fourth-order valence-electron chi connectivity index (χ4n) is 4.28. The summed E-state index contributed by atoms with van der Waals surface area (Å²) >= 11 is 1.13. The molecule has 152 valence electrons. The minimum absolute atomic E-state index is 0.0449. The molecule has 31 heavy (non-hydrogen) atoms. The Morgan fingerprint density at radius 3 is 2.77 bits per heavy atom. The average Bonchev–Trinajstić information content (AvgIpc) is 3.38. The molecule has 0 bridgehead atoms. The van der Waals surface area contributed by atoms with Gasteiger partial charge in [0.1, 0.15) is 5.75 Å². The van der Waals surface area contributed by atoms with E-state index in [1.54, 1.807) is 12.4 Å². The lowest BCUT2D eigenvalue weighted by Crippen LogP contribution is -2.61. The van der Waals surface area contributed by atoms with Gasteiger partial charge in [-0.2, -0.15) is 5.10 Å². The molecule has 1 saturated heterocycles. The maximum Gasteiger partial charge on any atom is 0.314 e. The SMILES string of the molecule is O=C1NC2(Oc3ccccc3C3CC(c4ccccc4)=NN32)/C(=C/c2cccnc2)S1. The number of carbonyl (C=O) groups is 1. The van der Waals surface area contributed by atoms with Gasteiger partial charge in [-0.3, -0.25) is 15.1 Å². The number of pyridine rings is 1. The number of hydrogen-bond donors (Lipinski definition) is 1. The van der Waals surface area contributed by atoms with Crippen LogP contribution in [0.5, 0.6) is 5.75 Å². The lowest BCUT2D eigenvalue weighted by atomic mass is 9.96. The van der Waals surface area contributed by atoms with E-state index in [-0.39, 0.29) is 11.3 Å². The zero-order valence-corrected chi connectivity index (χ0v) is 17.3. The third-order valence-corrected chi connectivity index (χ3v) is 6.57. The molecule has 0 aliphatic carbocycles. The van der Waals surface area contributed by atoms with Gasteiger partial charge in [0, 0.05) is 24.4 Å². The maximum atomic E-state index is 12.6. The second-order valence-electron chi connectivity index (χ2n) is 7.57. The molecule has 2 atom stereocenters. The van der Waals surface area contributed by atoms with Gasteiger partial charge in [0.25, 0.3) is 5.24 Å². The highest BCUT2D eigenvalue weighted by Gasteiger charge is 2.58. The molecule has 3 aliphatic rings. The number of ether oxygens (including phenoxy) is 1. The van der Waals surface area contributed by atoms with Gasteiger partial charge in [-0.25, -0.2) is 5.01 Å². The molecule has 3 aliphatic heterocycles. The molecule has 6 rings (SSSR count). The number of rotatable bonds is 2. The molecule has 2 aromatic carbocycles. The van der Waals surface area contributed by atoms with Gasteiger partial charge in [-0.1, -0.05) is 54.6 Å². The van der Waals surface area contributed by atoms with E-state index in [4.69, 9.17) is 9.84 Å². The van der Waals surface area contributed by atoms with E-state index in [0.29, 0.717) is 0 Å². The smallest absolute Gasteiger partial charge is 0.314 e. The first kappa shape index (κ1) is 18.2. The van der Waals surface area contributed by atoms with Crippen LogP contribution in [-0.4, -0.2) is 26.8 Å². The van der Waals surface area contributed by atoms with Crippen molar-refractivity contribution in [2.24, 2.45) is 5.10 Å². The van der Waals surface area contributed by atoms with E-state index in [2.05, 4.69) is 28.5 Å². The quantitative estimate of drug-likeness (QED) is 0.639. The summed E-state index contributed by atoms with van der Waals surface area (Å²) in [6, 6.07) is 21.9. The molecule has 1 fully saturated rings. The fraction of sp³-hybridized carbons (Fsp3) is 0.125. The van der Waals surface area contributed by atoms with Gasteiger partial charge >= 0.3 is 5.85 Å². The molecular weight excluding hydrogens is 408 g/mol. The van der Waals surface area contributed by atoms with Gasteiger partial charge in [-0.15, -0.1) is 0 Å². The van der Waals surface area contributed by atoms with Crippen molar-refractivity contribution in [2.75, 3.05) is 0 Å². The van der Waals surface area contributed by atoms with E-state index in [1.807, 2.05) is 59.6 Å². The van der Waals surface area contributed by atoms with Crippen molar-refractivity contribution in [1.82, 2.24) is 15.3 Å². The van der Waals surface area contributed by atoms with E-state index in [0.717, 1.165) is 51.2 Å². The molecular formula is C24H18N4O2S. The van der Waals surface area contributed by atoms with Gasteiger partial charge in [0.15, 0.2) is 0 Å². The highest BCUT2D eigenvalue weighted by Crippen LogP contribution is 2.52. The summed E-state index contributed by atoms with van der Waals surface area (Å²) in [7, 11) is 0. The Morgan fingerprint density at radius 2 is 1.94 bits per heavy atom. The molecule has 0 saturated carbocycles. The van der Waals surface area contributed by atoms with Crippen LogP contribution in [0.15, 0.2) is 89.1 Å². The van der Waals surface area contributed by atoms with Crippen molar-refractivity contribution < 1.29 is 9.53 Å². The molecule has 1 amide bonds. The lowest BCUT2D eigenvalue weighted by molar-refractivity contribution is -0.0949. The Hall–Kier alpha value is -3.58. The van der Waals surface area contributed by atoms with E-state index in [1.165, 1.54) is 0 Å². The Labute approximate surface area is 183 Å². The summed E-state index contributed by atoms with van der Waals surface area (Å²) in [5, 5.41) is 9.78. The van der Waals surface area contributed by atoms with Crippen molar-refractivity contribution in [3.8, 4) is 5.75 Å². The Bertz CT molecular complexity index is 1230. The predicted octanol–water partition coefficient (Wildman–Crippen LogP) is 4.78. The second kappa shape index (κ2) is 6.99. The fourth-order valence-corrected chi connectivity index (χ4v) is 5.19. The normalized spacial score (nSPS) is 25.1. The summed E-state index contributed by atoms with van der Waals surface area (Å²) in [5.74, 6) is -0.430. The van der Waals surface area contributed by atoms with Crippen molar-refractivity contribution >= 4 is 28.8 Å². The topological polar surface area (TPSA) is 66.8 Å². The van der Waals surface area contributed by atoms with Crippen molar-refractivity contribution in [3.05, 3.63) is 101 Å². The highest BCUT2D eigenvalue weighted by atomic mass is 32.2. The average molecular weight is 427 g/mol. The zero-order valence-electron chi connectivity index (χ0n) is 16.4. The molecule has 0 radical (unpaired) electrons. The van der Waals surface area contributed by atoms with Crippen molar-refractivity contribution in [2.45, 2.75) is 18.3 Å². The van der Waals surface area contributed by atoms with Gasteiger partial charge in [-0.05, 0) is 41.1 Å². The zero-order chi connectivity index (χ0) is 20.8. The number of thioether (sulfide) groups is 1. The van der Waals surface area contributed by atoms with Crippen LogP contribution >= 0.6 is 11.8 Å². The van der Waals surface area contributed by atoms with Crippen molar-refractivity contribution in [3.63, 3.8) is 0 Å². The Kier molecular flexibility index (Phi) is 4.11. The molecule has 4 heterocycles.